The van der Waals surface area contributed by atoms with Gasteiger partial charge >= 0.3 is 0 Å². The van der Waals surface area contributed by atoms with Gasteiger partial charge in [-0.05, 0) is 69.0 Å². The molecule has 2 aliphatic rings. The summed E-state index contributed by atoms with van der Waals surface area (Å²) in [5.74, 6) is 2.49. The average Bonchev–Trinajstić information content (AvgIpc) is 3.25. The zero-order valence-corrected chi connectivity index (χ0v) is 18.4. The molecule has 0 unspecified atom stereocenters. The molecule has 4 rings (SSSR count). The van der Waals surface area contributed by atoms with Crippen molar-refractivity contribution in [2.45, 2.75) is 32.0 Å². The third-order valence-corrected chi connectivity index (χ3v) is 6.18. The van der Waals surface area contributed by atoms with Gasteiger partial charge < -0.3 is 29.3 Å². The fraction of sp³-hybridized carbons (Fsp3) is 0.435. The van der Waals surface area contributed by atoms with E-state index in [1.165, 1.54) is 0 Å². The molecule has 0 radical (unpaired) electrons. The van der Waals surface area contributed by atoms with Crippen molar-refractivity contribution < 1.29 is 14.2 Å². The van der Waals surface area contributed by atoms with Crippen molar-refractivity contribution in [3.05, 3.63) is 53.6 Å². The van der Waals surface area contributed by atoms with E-state index in [9.17, 15) is 0 Å². The van der Waals surface area contributed by atoms with Crippen molar-refractivity contribution in [2.75, 3.05) is 34.0 Å². The summed E-state index contributed by atoms with van der Waals surface area (Å²) in [4.78, 5) is 4.70. The highest BCUT2D eigenvalue weighted by Gasteiger charge is 2.26. The molecule has 1 fully saturated rings. The van der Waals surface area contributed by atoms with Crippen molar-refractivity contribution in [2.24, 2.45) is 0 Å². The van der Waals surface area contributed by atoms with Crippen molar-refractivity contribution in [1.82, 2.24) is 15.1 Å². The zero-order valence-electron chi connectivity index (χ0n) is 17.6. The van der Waals surface area contributed by atoms with Crippen LogP contribution in [0.15, 0.2) is 42.5 Å². The van der Waals surface area contributed by atoms with Gasteiger partial charge in [-0.3, -0.25) is 0 Å². The molecule has 2 aromatic carbocycles. The number of rotatable bonds is 6. The van der Waals surface area contributed by atoms with Crippen LogP contribution in [0.5, 0.6) is 17.2 Å². The minimum atomic E-state index is 0.285. The van der Waals surface area contributed by atoms with Gasteiger partial charge in [0, 0.05) is 24.7 Å². The fourth-order valence-electron chi connectivity index (χ4n) is 4.02. The first-order valence-electron chi connectivity index (χ1n) is 10.4. The molecule has 1 N–H and O–H groups in total. The Hall–Kier alpha value is -2.51. The molecule has 0 atom stereocenters. The van der Waals surface area contributed by atoms with E-state index in [1.807, 2.05) is 36.4 Å². The second-order valence-corrected chi connectivity index (χ2v) is 8.21. The first kappa shape index (κ1) is 20.8. The largest absolute Gasteiger partial charge is 0.496 e. The standard InChI is InChI=1S/C23H29N3O3S/c1-25-11-9-19(10-12-25)26(15-18-5-3-4-6-20(18)27-2)23(30)24-14-17-7-8-21-22(13-17)29-16-28-21/h3-8,13,19H,9-12,14-16H2,1-2H3,(H,24,30). The minimum absolute atomic E-state index is 0.285. The van der Waals surface area contributed by atoms with E-state index in [-0.39, 0.29) is 6.79 Å². The lowest BCUT2D eigenvalue weighted by atomic mass is 10.0. The number of benzene rings is 2. The van der Waals surface area contributed by atoms with Crippen molar-refractivity contribution >= 4 is 17.3 Å². The van der Waals surface area contributed by atoms with Crippen LogP contribution in [0.3, 0.4) is 0 Å². The Morgan fingerprint density at radius 1 is 1.17 bits per heavy atom. The summed E-state index contributed by atoms with van der Waals surface area (Å²) in [5, 5.41) is 4.23. The van der Waals surface area contributed by atoms with Crippen molar-refractivity contribution in [3.8, 4) is 17.2 Å². The maximum atomic E-state index is 5.87. The lowest BCUT2D eigenvalue weighted by Crippen LogP contribution is -2.49. The molecule has 2 aromatic rings. The maximum absolute atomic E-state index is 5.87. The Kier molecular flexibility index (Phi) is 6.59. The van der Waals surface area contributed by atoms with Crippen LogP contribution in [0.4, 0.5) is 0 Å². The van der Waals surface area contributed by atoms with Crippen LogP contribution in [0, 0.1) is 0 Å². The molecule has 0 saturated carbocycles. The first-order chi connectivity index (χ1) is 14.6. The van der Waals surface area contributed by atoms with Gasteiger partial charge in [0.1, 0.15) is 5.75 Å². The zero-order chi connectivity index (χ0) is 20.9. The van der Waals surface area contributed by atoms with Gasteiger partial charge in [0.05, 0.1) is 7.11 Å². The second kappa shape index (κ2) is 9.53. The number of ether oxygens (including phenoxy) is 3. The number of likely N-dealkylation sites (tertiary alicyclic amines) is 1. The number of nitrogens with zero attached hydrogens (tertiary/aromatic N) is 2. The van der Waals surface area contributed by atoms with Gasteiger partial charge in [-0.15, -0.1) is 0 Å². The molecule has 0 aliphatic carbocycles. The van der Waals surface area contributed by atoms with Gasteiger partial charge in [-0.1, -0.05) is 24.3 Å². The summed E-state index contributed by atoms with van der Waals surface area (Å²) in [6, 6.07) is 14.6. The third-order valence-electron chi connectivity index (χ3n) is 5.80. The SMILES string of the molecule is COc1ccccc1CN(C(=S)NCc1ccc2c(c1)OCO2)C1CCN(C)CC1. The molecule has 7 heteroatoms. The van der Waals surface area contributed by atoms with Crippen LogP contribution in [0.25, 0.3) is 0 Å². The Labute approximate surface area is 183 Å². The molecule has 160 valence electrons. The molecule has 0 spiro atoms. The minimum Gasteiger partial charge on any atom is -0.496 e. The van der Waals surface area contributed by atoms with Gasteiger partial charge in [-0.25, -0.2) is 0 Å². The molecule has 6 nitrogen and oxygen atoms in total. The molecule has 0 bridgehead atoms. The highest BCUT2D eigenvalue weighted by Crippen LogP contribution is 2.32. The van der Waals surface area contributed by atoms with Gasteiger partial charge in [0.25, 0.3) is 0 Å². The number of fused-ring (bicyclic) bond motifs is 1. The Bertz CT molecular complexity index is 884. The Balaban J connectivity index is 1.47. The van der Waals surface area contributed by atoms with E-state index in [0.29, 0.717) is 12.6 Å². The molecule has 2 heterocycles. The smallest absolute Gasteiger partial charge is 0.231 e. The third kappa shape index (κ3) is 4.79. The molecule has 2 aliphatic heterocycles. The van der Waals surface area contributed by atoms with Crippen molar-refractivity contribution in [3.63, 3.8) is 0 Å². The summed E-state index contributed by atoms with van der Waals surface area (Å²) < 4.78 is 16.5. The number of nitrogens with one attached hydrogen (secondary N) is 1. The molecular weight excluding hydrogens is 398 g/mol. The number of piperidine rings is 1. The summed E-state index contributed by atoms with van der Waals surface area (Å²) in [6.07, 6.45) is 2.19. The normalized spacial score (nSPS) is 16.3. The van der Waals surface area contributed by atoms with Crippen LogP contribution in [0.2, 0.25) is 0 Å². The summed E-state index contributed by atoms with van der Waals surface area (Å²) in [7, 11) is 3.89. The topological polar surface area (TPSA) is 46.2 Å². The molecular formula is C23H29N3O3S. The summed E-state index contributed by atoms with van der Waals surface area (Å²) >= 11 is 5.87. The van der Waals surface area contributed by atoms with Crippen LogP contribution in [-0.2, 0) is 13.1 Å². The van der Waals surface area contributed by atoms with Crippen LogP contribution in [0.1, 0.15) is 24.0 Å². The first-order valence-corrected chi connectivity index (χ1v) is 10.8. The molecule has 1 saturated heterocycles. The summed E-state index contributed by atoms with van der Waals surface area (Å²) in [5.41, 5.74) is 2.26. The molecule has 0 amide bonds. The van der Waals surface area contributed by atoms with E-state index < -0.39 is 0 Å². The molecule has 0 aromatic heterocycles. The average molecular weight is 428 g/mol. The lowest BCUT2D eigenvalue weighted by Gasteiger charge is -2.39. The fourth-order valence-corrected chi connectivity index (χ4v) is 4.31. The van der Waals surface area contributed by atoms with Gasteiger partial charge in [-0.2, -0.15) is 0 Å². The predicted octanol–water partition coefficient (Wildman–Crippen LogP) is 3.39. The van der Waals surface area contributed by atoms with Crippen LogP contribution in [-0.4, -0.2) is 55.0 Å². The van der Waals surface area contributed by atoms with E-state index in [4.69, 9.17) is 26.4 Å². The number of methoxy groups -OCH3 is 1. The Morgan fingerprint density at radius 2 is 1.93 bits per heavy atom. The van der Waals surface area contributed by atoms with Crippen LogP contribution < -0.4 is 19.5 Å². The summed E-state index contributed by atoms with van der Waals surface area (Å²) in [6.45, 7) is 3.82. The number of thiocarbonyl (C=S) groups is 1. The molecule has 30 heavy (non-hydrogen) atoms. The predicted molar refractivity (Wildman–Crippen MR) is 121 cm³/mol. The second-order valence-electron chi connectivity index (χ2n) is 7.82. The van der Waals surface area contributed by atoms with Gasteiger partial charge in [0.2, 0.25) is 6.79 Å². The van der Waals surface area contributed by atoms with E-state index in [2.05, 4.69) is 28.2 Å². The Morgan fingerprint density at radius 3 is 2.73 bits per heavy atom. The quantitative estimate of drug-likeness (QED) is 0.709. The lowest BCUT2D eigenvalue weighted by molar-refractivity contribution is 0.170. The highest BCUT2D eigenvalue weighted by molar-refractivity contribution is 7.80. The number of hydrogen-bond donors (Lipinski definition) is 1. The highest BCUT2D eigenvalue weighted by atomic mass is 32.1. The number of para-hydroxylation sites is 1. The van der Waals surface area contributed by atoms with Crippen molar-refractivity contribution in [1.29, 1.82) is 0 Å². The number of hydrogen-bond acceptors (Lipinski definition) is 5. The van der Waals surface area contributed by atoms with Gasteiger partial charge in [0.15, 0.2) is 16.6 Å². The van der Waals surface area contributed by atoms with E-state index >= 15 is 0 Å². The van der Waals surface area contributed by atoms with Crippen LogP contribution >= 0.6 is 12.2 Å². The maximum Gasteiger partial charge on any atom is 0.231 e. The monoisotopic (exact) mass is 427 g/mol. The van der Waals surface area contributed by atoms with E-state index in [1.54, 1.807) is 7.11 Å². The van der Waals surface area contributed by atoms with E-state index in [0.717, 1.165) is 66.0 Å².